The topological polar surface area (TPSA) is 107 Å². The average molecular weight is 472 g/mol. The molecule has 2 aromatic heterocycles. The van der Waals surface area contributed by atoms with E-state index in [1.807, 2.05) is 24.3 Å². The van der Waals surface area contributed by atoms with Crippen LogP contribution >= 0.6 is 0 Å². The summed E-state index contributed by atoms with van der Waals surface area (Å²) >= 11 is 0. The number of nitrogens with one attached hydrogen (secondary N) is 2. The largest absolute Gasteiger partial charge is 0.392 e. The fourth-order valence-corrected chi connectivity index (χ4v) is 5.16. The molecule has 8 heteroatoms. The van der Waals surface area contributed by atoms with Crippen molar-refractivity contribution in [2.45, 2.75) is 57.0 Å². The molecule has 2 saturated heterocycles. The van der Waals surface area contributed by atoms with Crippen LogP contribution in [0.5, 0.6) is 0 Å². The zero-order chi connectivity index (χ0) is 24.2. The molecule has 0 spiro atoms. The van der Waals surface area contributed by atoms with Crippen LogP contribution in [0.4, 0.5) is 5.82 Å². The number of rotatable bonds is 7. The Morgan fingerprint density at radius 3 is 2.29 bits per heavy atom. The summed E-state index contributed by atoms with van der Waals surface area (Å²) in [5.74, 6) is 0.641. The van der Waals surface area contributed by atoms with Gasteiger partial charge in [-0.05, 0) is 67.1 Å². The zero-order valence-electron chi connectivity index (χ0n) is 19.4. The van der Waals surface area contributed by atoms with Gasteiger partial charge < -0.3 is 20.6 Å². The SMILES string of the molecule is O=C(NCc1cccnc1)c1ccc(N2[C@@H]3CC[C@H]2C[C@@H](NC(=O)c2ccc(CO)cc2)C3)nc1. The predicted octanol–water partition coefficient (Wildman–Crippen LogP) is 2.83. The molecular formula is C27H29N5O3. The lowest BCUT2D eigenvalue weighted by Crippen LogP contribution is -2.50. The van der Waals surface area contributed by atoms with Gasteiger partial charge in [0.15, 0.2) is 0 Å². The second-order valence-corrected chi connectivity index (χ2v) is 9.24. The maximum atomic E-state index is 12.7. The number of amides is 2. The maximum absolute atomic E-state index is 12.7. The first kappa shape index (κ1) is 23.0. The average Bonchev–Trinajstić information content (AvgIpc) is 3.17. The molecule has 2 aliphatic rings. The van der Waals surface area contributed by atoms with Gasteiger partial charge in [0.1, 0.15) is 5.82 Å². The molecule has 5 rings (SSSR count). The number of benzene rings is 1. The van der Waals surface area contributed by atoms with Crippen molar-refractivity contribution in [1.82, 2.24) is 20.6 Å². The fourth-order valence-electron chi connectivity index (χ4n) is 5.16. The Balaban J connectivity index is 1.18. The van der Waals surface area contributed by atoms with Gasteiger partial charge in [0.2, 0.25) is 0 Å². The van der Waals surface area contributed by atoms with Crippen molar-refractivity contribution < 1.29 is 14.7 Å². The first-order chi connectivity index (χ1) is 17.1. The normalized spacial score (nSPS) is 20.9. The second-order valence-electron chi connectivity index (χ2n) is 9.24. The predicted molar refractivity (Wildman–Crippen MR) is 132 cm³/mol. The molecule has 2 fully saturated rings. The van der Waals surface area contributed by atoms with Crippen molar-refractivity contribution in [1.29, 1.82) is 0 Å². The van der Waals surface area contributed by atoms with Crippen LogP contribution in [0.1, 0.15) is 57.5 Å². The van der Waals surface area contributed by atoms with Crippen molar-refractivity contribution in [2.75, 3.05) is 4.90 Å². The summed E-state index contributed by atoms with van der Waals surface area (Å²) in [5, 5.41) is 15.3. The van der Waals surface area contributed by atoms with E-state index in [2.05, 4.69) is 25.5 Å². The van der Waals surface area contributed by atoms with Crippen LogP contribution in [0.2, 0.25) is 0 Å². The number of aliphatic hydroxyl groups is 1. The summed E-state index contributed by atoms with van der Waals surface area (Å²) in [4.78, 5) is 36.2. The number of aliphatic hydroxyl groups excluding tert-OH is 1. The van der Waals surface area contributed by atoms with Crippen LogP contribution in [-0.4, -0.2) is 45.0 Å². The first-order valence-electron chi connectivity index (χ1n) is 12.0. The summed E-state index contributed by atoms with van der Waals surface area (Å²) in [5.41, 5.74) is 2.87. The number of pyridine rings is 2. The number of hydrogen-bond acceptors (Lipinski definition) is 6. The Morgan fingerprint density at radius 2 is 1.66 bits per heavy atom. The summed E-state index contributed by atoms with van der Waals surface area (Å²) in [6.07, 6.45) is 8.94. The third-order valence-corrected chi connectivity index (χ3v) is 6.92. The molecule has 3 N–H and O–H groups in total. The molecule has 2 aliphatic heterocycles. The lowest BCUT2D eigenvalue weighted by molar-refractivity contribution is 0.0924. The van der Waals surface area contributed by atoms with E-state index in [1.54, 1.807) is 42.9 Å². The highest BCUT2D eigenvalue weighted by Crippen LogP contribution is 2.38. The highest BCUT2D eigenvalue weighted by Gasteiger charge is 2.41. The van der Waals surface area contributed by atoms with Crippen LogP contribution in [0.3, 0.4) is 0 Å². The number of piperidine rings is 1. The van der Waals surface area contributed by atoms with Gasteiger partial charge >= 0.3 is 0 Å². The third kappa shape index (κ3) is 5.17. The van der Waals surface area contributed by atoms with Gasteiger partial charge in [-0.2, -0.15) is 0 Å². The smallest absolute Gasteiger partial charge is 0.253 e. The minimum atomic E-state index is -0.163. The minimum Gasteiger partial charge on any atom is -0.392 e. The molecule has 0 unspecified atom stereocenters. The van der Waals surface area contributed by atoms with Crippen LogP contribution in [0.15, 0.2) is 67.1 Å². The number of fused-ring (bicyclic) bond motifs is 2. The molecule has 8 nitrogen and oxygen atoms in total. The molecule has 0 radical (unpaired) electrons. The van der Waals surface area contributed by atoms with Crippen molar-refractivity contribution in [2.24, 2.45) is 0 Å². The van der Waals surface area contributed by atoms with Crippen molar-refractivity contribution >= 4 is 17.6 Å². The monoisotopic (exact) mass is 471 g/mol. The van der Waals surface area contributed by atoms with Gasteiger partial charge in [-0.15, -0.1) is 0 Å². The van der Waals surface area contributed by atoms with Crippen LogP contribution < -0.4 is 15.5 Å². The van der Waals surface area contributed by atoms with E-state index >= 15 is 0 Å². The van der Waals surface area contributed by atoms with Gasteiger partial charge in [-0.25, -0.2) is 4.98 Å². The third-order valence-electron chi connectivity index (χ3n) is 6.92. The lowest BCUT2D eigenvalue weighted by Gasteiger charge is -2.40. The van der Waals surface area contributed by atoms with E-state index in [0.717, 1.165) is 42.6 Å². The molecule has 3 aromatic rings. The van der Waals surface area contributed by atoms with Crippen molar-refractivity contribution in [3.63, 3.8) is 0 Å². The van der Waals surface area contributed by atoms with Gasteiger partial charge in [-0.1, -0.05) is 18.2 Å². The molecule has 4 heterocycles. The van der Waals surface area contributed by atoms with Crippen molar-refractivity contribution in [3.05, 3.63) is 89.4 Å². The Labute approximate surface area is 204 Å². The summed E-state index contributed by atoms with van der Waals surface area (Å²) < 4.78 is 0. The Kier molecular flexibility index (Phi) is 6.72. The lowest BCUT2D eigenvalue weighted by atomic mass is 9.96. The molecule has 3 atom stereocenters. The molecule has 0 aliphatic carbocycles. The van der Waals surface area contributed by atoms with E-state index in [4.69, 9.17) is 0 Å². The van der Waals surface area contributed by atoms with E-state index in [-0.39, 0.29) is 24.5 Å². The molecule has 1 aromatic carbocycles. The summed E-state index contributed by atoms with van der Waals surface area (Å²) in [6.45, 7) is 0.387. The minimum absolute atomic E-state index is 0.0329. The number of anilines is 1. The van der Waals surface area contributed by atoms with Gasteiger partial charge in [0.05, 0.1) is 12.2 Å². The first-order valence-corrected chi connectivity index (χ1v) is 12.0. The number of nitrogens with zero attached hydrogens (tertiary/aromatic N) is 3. The fraction of sp³-hybridized carbons (Fsp3) is 0.333. The summed E-state index contributed by atoms with van der Waals surface area (Å²) in [6, 6.07) is 15.3. The van der Waals surface area contributed by atoms with Gasteiger partial charge in [0.25, 0.3) is 11.8 Å². The Bertz CT molecular complexity index is 1150. The zero-order valence-corrected chi connectivity index (χ0v) is 19.4. The Hall–Kier alpha value is -3.78. The molecule has 2 amide bonds. The quantitative estimate of drug-likeness (QED) is 0.489. The second kappa shape index (κ2) is 10.2. The van der Waals surface area contributed by atoms with Gasteiger partial charge in [0, 0.05) is 48.8 Å². The molecule has 0 saturated carbocycles. The molecule has 35 heavy (non-hydrogen) atoms. The standard InChI is InChI=1S/C27H29N5O3/c33-17-18-3-5-20(6-4-18)27(35)31-22-12-23-8-9-24(13-22)32(23)25-10-7-21(16-29-25)26(34)30-15-19-2-1-11-28-14-19/h1-7,10-11,14,16,22-24,33H,8-9,12-13,15,17H2,(H,30,34)(H,31,35)/t22-,23+,24-. The number of carbonyl (C=O) groups excluding carboxylic acids is 2. The van der Waals surface area contributed by atoms with Crippen LogP contribution in [-0.2, 0) is 13.2 Å². The van der Waals surface area contributed by atoms with Crippen molar-refractivity contribution in [3.8, 4) is 0 Å². The van der Waals surface area contributed by atoms with Gasteiger partial charge in [-0.3, -0.25) is 14.6 Å². The molecule has 180 valence electrons. The van der Waals surface area contributed by atoms with E-state index in [0.29, 0.717) is 29.8 Å². The number of aromatic nitrogens is 2. The number of hydrogen-bond donors (Lipinski definition) is 3. The molecular weight excluding hydrogens is 442 g/mol. The van der Waals surface area contributed by atoms with Crippen LogP contribution in [0.25, 0.3) is 0 Å². The molecule has 2 bridgehead atoms. The van der Waals surface area contributed by atoms with Crippen LogP contribution in [0, 0.1) is 0 Å². The highest BCUT2D eigenvalue weighted by molar-refractivity contribution is 5.94. The van der Waals surface area contributed by atoms with E-state index < -0.39 is 0 Å². The Morgan fingerprint density at radius 1 is 0.914 bits per heavy atom. The maximum Gasteiger partial charge on any atom is 0.253 e. The van der Waals surface area contributed by atoms with E-state index in [1.165, 1.54) is 0 Å². The number of carbonyl (C=O) groups is 2. The summed E-state index contributed by atoms with van der Waals surface area (Å²) in [7, 11) is 0. The highest BCUT2D eigenvalue weighted by atomic mass is 16.3. The van der Waals surface area contributed by atoms with E-state index in [9.17, 15) is 14.7 Å².